The van der Waals surface area contributed by atoms with Crippen molar-refractivity contribution in [3.8, 4) is 0 Å². The summed E-state index contributed by atoms with van der Waals surface area (Å²) in [6.07, 6.45) is 1.96. The quantitative estimate of drug-likeness (QED) is 0.776. The lowest BCUT2D eigenvalue weighted by atomic mass is 10.1. The molecule has 0 fully saturated rings. The van der Waals surface area contributed by atoms with E-state index in [2.05, 4.69) is 23.3 Å². The number of halogens is 1. The number of aromatic nitrogens is 1. The first kappa shape index (κ1) is 9.41. The second kappa shape index (κ2) is 3.54. The van der Waals surface area contributed by atoms with Gasteiger partial charge < -0.3 is 10.3 Å². The van der Waals surface area contributed by atoms with E-state index in [1.54, 1.807) is 0 Å². The molecule has 0 radical (unpaired) electrons. The molecule has 0 atom stereocenters. The minimum absolute atomic E-state index is 0.812. The van der Waals surface area contributed by atoms with Gasteiger partial charge in [-0.1, -0.05) is 23.7 Å². The highest BCUT2D eigenvalue weighted by Crippen LogP contribution is 2.30. The van der Waals surface area contributed by atoms with E-state index in [0.717, 1.165) is 33.7 Å². The standard InChI is InChI=1S/C11H13ClN2/c1-3-13-9-6-14-11-8(9)5-4-7(2)10(11)12/h4-6,13-14H,3H2,1-2H3. The average molecular weight is 209 g/mol. The van der Waals surface area contributed by atoms with Crippen LogP contribution in [0.2, 0.25) is 5.02 Å². The first-order valence-corrected chi connectivity index (χ1v) is 5.12. The second-order valence-corrected chi connectivity index (χ2v) is 3.73. The van der Waals surface area contributed by atoms with Crippen LogP contribution in [0.3, 0.4) is 0 Å². The van der Waals surface area contributed by atoms with Gasteiger partial charge in [-0.15, -0.1) is 0 Å². The van der Waals surface area contributed by atoms with Crippen molar-refractivity contribution in [1.29, 1.82) is 0 Å². The van der Waals surface area contributed by atoms with Crippen LogP contribution in [0.1, 0.15) is 12.5 Å². The molecule has 1 aromatic heterocycles. The molecule has 2 rings (SSSR count). The number of aryl methyl sites for hydroxylation is 1. The number of rotatable bonds is 2. The van der Waals surface area contributed by atoms with Crippen LogP contribution in [0.5, 0.6) is 0 Å². The number of hydrogen-bond acceptors (Lipinski definition) is 1. The van der Waals surface area contributed by atoms with E-state index in [-0.39, 0.29) is 0 Å². The summed E-state index contributed by atoms with van der Waals surface area (Å²) < 4.78 is 0. The van der Waals surface area contributed by atoms with Gasteiger partial charge in [0.1, 0.15) is 0 Å². The Morgan fingerprint density at radius 3 is 2.93 bits per heavy atom. The smallest absolute Gasteiger partial charge is 0.0676 e. The zero-order chi connectivity index (χ0) is 10.1. The number of aromatic amines is 1. The highest BCUT2D eigenvalue weighted by atomic mass is 35.5. The fourth-order valence-electron chi connectivity index (χ4n) is 1.60. The molecule has 2 aromatic rings. The Labute approximate surface area is 88.3 Å². The molecule has 1 heterocycles. The second-order valence-electron chi connectivity index (χ2n) is 3.35. The van der Waals surface area contributed by atoms with Gasteiger partial charge in [0.05, 0.1) is 16.2 Å². The Balaban J connectivity index is 2.64. The van der Waals surface area contributed by atoms with Crippen molar-refractivity contribution >= 4 is 28.2 Å². The number of H-pyrrole nitrogens is 1. The number of fused-ring (bicyclic) bond motifs is 1. The van der Waals surface area contributed by atoms with Gasteiger partial charge in [-0.3, -0.25) is 0 Å². The normalized spacial score (nSPS) is 10.8. The summed E-state index contributed by atoms with van der Waals surface area (Å²) in [5.74, 6) is 0. The molecule has 0 unspecified atom stereocenters. The van der Waals surface area contributed by atoms with Gasteiger partial charge in [-0.2, -0.15) is 0 Å². The molecular weight excluding hydrogens is 196 g/mol. The maximum atomic E-state index is 6.18. The molecule has 2 nitrogen and oxygen atoms in total. The van der Waals surface area contributed by atoms with E-state index < -0.39 is 0 Å². The third kappa shape index (κ3) is 1.36. The van der Waals surface area contributed by atoms with Crippen LogP contribution < -0.4 is 5.32 Å². The average Bonchev–Trinajstić information content (AvgIpc) is 2.57. The van der Waals surface area contributed by atoms with E-state index >= 15 is 0 Å². The van der Waals surface area contributed by atoms with Crippen LogP contribution in [0.15, 0.2) is 18.3 Å². The van der Waals surface area contributed by atoms with Crippen molar-refractivity contribution in [2.75, 3.05) is 11.9 Å². The summed E-state index contributed by atoms with van der Waals surface area (Å²) in [6, 6.07) is 4.13. The highest BCUT2D eigenvalue weighted by molar-refractivity contribution is 6.36. The predicted octanol–water partition coefficient (Wildman–Crippen LogP) is 3.56. The highest BCUT2D eigenvalue weighted by Gasteiger charge is 2.07. The van der Waals surface area contributed by atoms with Crippen molar-refractivity contribution in [2.24, 2.45) is 0 Å². The Kier molecular flexibility index (Phi) is 2.38. The number of benzene rings is 1. The Morgan fingerprint density at radius 2 is 2.21 bits per heavy atom. The summed E-state index contributed by atoms with van der Waals surface area (Å²) in [7, 11) is 0. The molecule has 14 heavy (non-hydrogen) atoms. The monoisotopic (exact) mass is 208 g/mol. The molecule has 0 aliphatic carbocycles. The van der Waals surface area contributed by atoms with Gasteiger partial charge in [0.15, 0.2) is 0 Å². The van der Waals surface area contributed by atoms with E-state index in [1.165, 1.54) is 0 Å². The zero-order valence-corrected chi connectivity index (χ0v) is 9.07. The number of hydrogen-bond donors (Lipinski definition) is 2. The summed E-state index contributed by atoms with van der Waals surface area (Å²) in [6.45, 7) is 5.00. The van der Waals surface area contributed by atoms with Crippen molar-refractivity contribution in [1.82, 2.24) is 4.98 Å². The van der Waals surface area contributed by atoms with Crippen LogP contribution in [0.4, 0.5) is 5.69 Å². The molecule has 0 saturated carbocycles. The third-order valence-electron chi connectivity index (χ3n) is 2.35. The maximum Gasteiger partial charge on any atom is 0.0676 e. The topological polar surface area (TPSA) is 27.8 Å². The van der Waals surface area contributed by atoms with Crippen LogP contribution in [-0.2, 0) is 0 Å². The van der Waals surface area contributed by atoms with Gasteiger partial charge in [0.25, 0.3) is 0 Å². The van der Waals surface area contributed by atoms with Crippen molar-refractivity contribution in [2.45, 2.75) is 13.8 Å². The largest absolute Gasteiger partial charge is 0.384 e. The van der Waals surface area contributed by atoms with Crippen LogP contribution in [0.25, 0.3) is 10.9 Å². The van der Waals surface area contributed by atoms with Crippen molar-refractivity contribution in [3.05, 3.63) is 28.9 Å². The lowest BCUT2D eigenvalue weighted by molar-refractivity contribution is 1.22. The van der Waals surface area contributed by atoms with E-state index in [4.69, 9.17) is 11.6 Å². The minimum atomic E-state index is 0.812. The Morgan fingerprint density at radius 1 is 1.43 bits per heavy atom. The summed E-state index contributed by atoms with van der Waals surface area (Å²) >= 11 is 6.18. The Hall–Kier alpha value is -1.15. The first-order chi connectivity index (χ1) is 6.74. The fourth-order valence-corrected chi connectivity index (χ4v) is 1.82. The molecule has 0 spiro atoms. The van der Waals surface area contributed by atoms with Crippen LogP contribution in [0, 0.1) is 6.92 Å². The molecule has 74 valence electrons. The van der Waals surface area contributed by atoms with Gasteiger partial charge in [-0.25, -0.2) is 0 Å². The van der Waals surface area contributed by atoms with E-state index in [9.17, 15) is 0 Å². The zero-order valence-electron chi connectivity index (χ0n) is 8.32. The molecule has 0 aliphatic rings. The van der Waals surface area contributed by atoms with Crippen LogP contribution in [-0.4, -0.2) is 11.5 Å². The minimum Gasteiger partial charge on any atom is -0.384 e. The molecular formula is C11H13ClN2. The van der Waals surface area contributed by atoms with E-state index in [0.29, 0.717) is 0 Å². The molecule has 0 amide bonds. The lowest BCUT2D eigenvalue weighted by Crippen LogP contribution is -1.94. The molecule has 0 aliphatic heterocycles. The van der Waals surface area contributed by atoms with E-state index in [1.807, 2.05) is 19.2 Å². The van der Waals surface area contributed by atoms with Crippen LogP contribution >= 0.6 is 11.6 Å². The summed E-state index contributed by atoms with van der Waals surface area (Å²) in [5, 5.41) is 5.25. The van der Waals surface area contributed by atoms with Gasteiger partial charge in [0, 0.05) is 18.1 Å². The molecule has 0 bridgehead atoms. The third-order valence-corrected chi connectivity index (χ3v) is 2.84. The maximum absolute atomic E-state index is 6.18. The predicted molar refractivity (Wildman–Crippen MR) is 62.2 cm³/mol. The first-order valence-electron chi connectivity index (χ1n) is 4.74. The lowest BCUT2D eigenvalue weighted by Gasteiger charge is -2.02. The van der Waals surface area contributed by atoms with Gasteiger partial charge in [-0.05, 0) is 19.4 Å². The SMILES string of the molecule is CCNc1c[nH]c2c(Cl)c(C)ccc12. The molecule has 0 saturated heterocycles. The van der Waals surface area contributed by atoms with Gasteiger partial charge in [0.2, 0.25) is 0 Å². The number of nitrogens with one attached hydrogen (secondary N) is 2. The number of anilines is 1. The van der Waals surface area contributed by atoms with Crippen molar-refractivity contribution in [3.63, 3.8) is 0 Å². The summed E-state index contributed by atoms with van der Waals surface area (Å²) in [4.78, 5) is 3.19. The Bertz CT molecular complexity index is 460. The summed E-state index contributed by atoms with van der Waals surface area (Å²) in [5.41, 5.74) is 3.23. The molecule has 3 heteroatoms. The molecule has 2 N–H and O–H groups in total. The fraction of sp³-hybridized carbons (Fsp3) is 0.273. The molecule has 1 aromatic carbocycles. The van der Waals surface area contributed by atoms with Crippen molar-refractivity contribution < 1.29 is 0 Å². The van der Waals surface area contributed by atoms with Gasteiger partial charge >= 0.3 is 0 Å².